The van der Waals surface area contributed by atoms with E-state index < -0.39 is 23.3 Å². The third kappa shape index (κ3) is 4.56. The molecule has 2 amide bonds. The normalized spacial score (nSPS) is 17.8. The van der Waals surface area contributed by atoms with E-state index in [1.165, 1.54) is 15.6 Å². The van der Waals surface area contributed by atoms with Gasteiger partial charge in [-0.2, -0.15) is 5.10 Å². The van der Waals surface area contributed by atoms with Crippen molar-refractivity contribution in [1.82, 2.24) is 20.0 Å². The molecule has 164 valence electrons. The maximum absolute atomic E-state index is 14.2. The molecule has 1 atom stereocenters. The first-order valence-corrected chi connectivity index (χ1v) is 9.92. The minimum absolute atomic E-state index is 0.0917. The maximum atomic E-state index is 14.2. The zero-order chi connectivity index (χ0) is 22.3. The smallest absolute Gasteiger partial charge is 0.410 e. The van der Waals surface area contributed by atoms with Gasteiger partial charge in [0.1, 0.15) is 16.9 Å². The standard InChI is InChI=1S/C21H29FN4O4/c1-20(2,3)30-19(28)26-10-11-29-15(12-26)18(27)23-21(4,5)17-13-8-7-9-14(22)16(13)25(6)24-17/h7-9,15H,10-12H2,1-6H3,(H,23,27)/t15-/m0/s1. The molecule has 1 aromatic carbocycles. The number of aryl methyl sites for hydroxylation is 1. The predicted molar refractivity (Wildman–Crippen MR) is 109 cm³/mol. The van der Waals surface area contributed by atoms with E-state index in [0.717, 1.165) is 0 Å². The van der Waals surface area contributed by atoms with Gasteiger partial charge in [0.25, 0.3) is 5.91 Å². The van der Waals surface area contributed by atoms with Crippen molar-refractivity contribution in [3.63, 3.8) is 0 Å². The first kappa shape index (κ1) is 22.0. The summed E-state index contributed by atoms with van der Waals surface area (Å²) >= 11 is 0. The molecule has 0 unspecified atom stereocenters. The van der Waals surface area contributed by atoms with Crippen molar-refractivity contribution >= 4 is 22.9 Å². The number of amides is 2. The van der Waals surface area contributed by atoms with E-state index in [0.29, 0.717) is 23.1 Å². The predicted octanol–water partition coefficient (Wildman–Crippen LogP) is 2.70. The number of nitrogens with one attached hydrogen (secondary N) is 1. The summed E-state index contributed by atoms with van der Waals surface area (Å²) in [6.07, 6.45) is -1.31. The van der Waals surface area contributed by atoms with Gasteiger partial charge in [0, 0.05) is 19.0 Å². The Labute approximate surface area is 175 Å². The van der Waals surface area contributed by atoms with Gasteiger partial charge in [0.15, 0.2) is 6.10 Å². The van der Waals surface area contributed by atoms with Crippen LogP contribution in [0.2, 0.25) is 0 Å². The fourth-order valence-corrected chi connectivity index (χ4v) is 3.50. The quantitative estimate of drug-likeness (QED) is 0.825. The molecule has 1 aromatic heterocycles. The molecule has 8 nitrogen and oxygen atoms in total. The second kappa shape index (κ2) is 7.86. The lowest BCUT2D eigenvalue weighted by molar-refractivity contribution is -0.139. The van der Waals surface area contributed by atoms with Gasteiger partial charge in [-0.3, -0.25) is 9.48 Å². The number of hydrogen-bond acceptors (Lipinski definition) is 5. The first-order chi connectivity index (χ1) is 13.9. The Kier molecular flexibility index (Phi) is 5.77. The number of morpholine rings is 1. The topological polar surface area (TPSA) is 85.7 Å². The van der Waals surface area contributed by atoms with Crippen LogP contribution in [0.4, 0.5) is 9.18 Å². The highest BCUT2D eigenvalue weighted by molar-refractivity contribution is 5.86. The fourth-order valence-electron chi connectivity index (χ4n) is 3.50. The van der Waals surface area contributed by atoms with Gasteiger partial charge >= 0.3 is 6.09 Å². The summed E-state index contributed by atoms with van der Waals surface area (Å²) in [7, 11) is 1.66. The van der Waals surface area contributed by atoms with E-state index in [9.17, 15) is 14.0 Å². The van der Waals surface area contributed by atoms with Gasteiger partial charge in [0.2, 0.25) is 0 Å². The van der Waals surface area contributed by atoms with Gasteiger partial charge in [-0.05, 0) is 40.7 Å². The molecular formula is C21H29FN4O4. The number of fused-ring (bicyclic) bond motifs is 1. The average molecular weight is 420 g/mol. The van der Waals surface area contributed by atoms with Crippen molar-refractivity contribution in [2.75, 3.05) is 19.7 Å². The minimum Gasteiger partial charge on any atom is -0.444 e. The van der Waals surface area contributed by atoms with Crippen molar-refractivity contribution in [2.45, 2.75) is 51.9 Å². The van der Waals surface area contributed by atoms with Crippen LogP contribution in [0.25, 0.3) is 10.9 Å². The largest absolute Gasteiger partial charge is 0.444 e. The fraction of sp³-hybridized carbons (Fsp3) is 0.571. The number of carbonyl (C=O) groups is 2. The van der Waals surface area contributed by atoms with Crippen LogP contribution in [0, 0.1) is 5.82 Å². The Bertz CT molecular complexity index is 964. The average Bonchev–Trinajstić information content (AvgIpc) is 2.99. The second-order valence-electron chi connectivity index (χ2n) is 9.01. The van der Waals surface area contributed by atoms with Crippen LogP contribution < -0.4 is 5.32 Å². The summed E-state index contributed by atoms with van der Waals surface area (Å²) in [6, 6.07) is 4.76. The highest BCUT2D eigenvalue weighted by Crippen LogP contribution is 2.29. The van der Waals surface area contributed by atoms with Gasteiger partial charge in [-0.25, -0.2) is 9.18 Å². The molecule has 0 spiro atoms. The zero-order valence-corrected chi connectivity index (χ0v) is 18.3. The number of carbonyl (C=O) groups excluding carboxylic acids is 2. The van der Waals surface area contributed by atoms with Crippen molar-refractivity contribution < 1.29 is 23.5 Å². The number of rotatable bonds is 3. The van der Waals surface area contributed by atoms with E-state index >= 15 is 0 Å². The lowest BCUT2D eigenvalue weighted by Gasteiger charge is -2.35. The molecule has 2 aromatic rings. The molecule has 30 heavy (non-hydrogen) atoms. The van der Waals surface area contributed by atoms with Crippen molar-refractivity contribution in [2.24, 2.45) is 7.05 Å². The van der Waals surface area contributed by atoms with Crippen molar-refractivity contribution in [1.29, 1.82) is 0 Å². The number of para-hydroxylation sites is 1. The molecule has 1 N–H and O–H groups in total. The summed E-state index contributed by atoms with van der Waals surface area (Å²) in [5.74, 6) is -0.747. The number of ether oxygens (including phenoxy) is 2. The summed E-state index contributed by atoms with van der Waals surface area (Å²) < 4.78 is 26.7. The number of benzene rings is 1. The third-order valence-electron chi connectivity index (χ3n) is 4.85. The lowest BCUT2D eigenvalue weighted by atomic mass is 9.96. The van der Waals surface area contributed by atoms with Crippen LogP contribution in [0.15, 0.2) is 18.2 Å². The highest BCUT2D eigenvalue weighted by Gasteiger charge is 2.36. The Morgan fingerprint density at radius 3 is 2.63 bits per heavy atom. The van der Waals surface area contributed by atoms with Crippen molar-refractivity contribution in [3.05, 3.63) is 29.7 Å². The number of nitrogens with zero attached hydrogens (tertiary/aromatic N) is 3. The number of hydrogen-bond donors (Lipinski definition) is 1. The Morgan fingerprint density at radius 2 is 1.97 bits per heavy atom. The highest BCUT2D eigenvalue weighted by atomic mass is 19.1. The molecule has 1 aliphatic heterocycles. The molecular weight excluding hydrogens is 391 g/mol. The van der Waals surface area contributed by atoms with E-state index in [1.807, 2.05) is 0 Å². The molecule has 1 fully saturated rings. The molecule has 0 bridgehead atoms. The Balaban J connectivity index is 1.75. The van der Waals surface area contributed by atoms with Gasteiger partial charge < -0.3 is 19.7 Å². The lowest BCUT2D eigenvalue weighted by Crippen LogP contribution is -2.55. The van der Waals surface area contributed by atoms with Gasteiger partial charge in [-0.1, -0.05) is 12.1 Å². The zero-order valence-electron chi connectivity index (χ0n) is 18.3. The first-order valence-electron chi connectivity index (χ1n) is 9.92. The summed E-state index contributed by atoms with van der Waals surface area (Å²) in [5, 5.41) is 8.00. The van der Waals surface area contributed by atoms with E-state index in [4.69, 9.17) is 9.47 Å². The SMILES string of the molecule is Cn1nc(C(C)(C)NC(=O)[C@@H]2CN(C(=O)OC(C)(C)C)CCO2)c2cccc(F)c21. The minimum atomic E-state index is -0.887. The van der Waals surface area contributed by atoms with Crippen LogP contribution in [-0.4, -0.2) is 58.1 Å². The second-order valence-corrected chi connectivity index (χ2v) is 9.01. The maximum Gasteiger partial charge on any atom is 0.410 e. The molecule has 9 heteroatoms. The summed E-state index contributed by atoms with van der Waals surface area (Å²) in [6.45, 7) is 9.64. The van der Waals surface area contributed by atoms with Crippen molar-refractivity contribution in [3.8, 4) is 0 Å². The number of halogens is 1. The molecule has 0 radical (unpaired) electrons. The molecule has 0 aliphatic carbocycles. The van der Waals surface area contributed by atoms with Crippen LogP contribution >= 0.6 is 0 Å². The van der Waals surface area contributed by atoms with Crippen LogP contribution in [0.3, 0.4) is 0 Å². The van der Waals surface area contributed by atoms with Crippen LogP contribution in [-0.2, 0) is 26.9 Å². The molecule has 1 aliphatic rings. The molecule has 2 heterocycles. The van der Waals surface area contributed by atoms with Crippen LogP contribution in [0.1, 0.15) is 40.3 Å². The molecule has 1 saturated heterocycles. The Hall–Kier alpha value is -2.68. The summed E-state index contributed by atoms with van der Waals surface area (Å²) in [4.78, 5) is 26.7. The number of aromatic nitrogens is 2. The van der Waals surface area contributed by atoms with E-state index in [-0.39, 0.29) is 24.9 Å². The van der Waals surface area contributed by atoms with Gasteiger partial charge in [0.05, 0.1) is 24.4 Å². The monoisotopic (exact) mass is 420 g/mol. The molecule has 0 saturated carbocycles. The van der Waals surface area contributed by atoms with E-state index in [1.54, 1.807) is 53.8 Å². The third-order valence-corrected chi connectivity index (χ3v) is 4.85. The van der Waals surface area contributed by atoms with E-state index in [2.05, 4.69) is 10.4 Å². The van der Waals surface area contributed by atoms with Crippen LogP contribution in [0.5, 0.6) is 0 Å². The van der Waals surface area contributed by atoms with Gasteiger partial charge in [-0.15, -0.1) is 0 Å². The molecule has 3 rings (SSSR count). The summed E-state index contributed by atoms with van der Waals surface area (Å²) in [5.41, 5.74) is -0.584. The Morgan fingerprint density at radius 1 is 1.27 bits per heavy atom.